The van der Waals surface area contributed by atoms with Crippen molar-refractivity contribution in [3.8, 4) is 11.5 Å². The van der Waals surface area contributed by atoms with Crippen LogP contribution >= 0.6 is 35.6 Å². The van der Waals surface area contributed by atoms with Gasteiger partial charge in [-0.15, -0.1) is 12.4 Å². The summed E-state index contributed by atoms with van der Waals surface area (Å²) in [6, 6.07) is 11.4. The average molecular weight is 435 g/mol. The van der Waals surface area contributed by atoms with Crippen molar-refractivity contribution in [1.82, 2.24) is 5.32 Å². The third-order valence-corrected chi connectivity index (χ3v) is 4.23. The molecule has 0 amide bonds. The minimum absolute atomic E-state index is 0. The zero-order valence-electron chi connectivity index (χ0n) is 15.6. The monoisotopic (exact) mass is 433 g/mol. The van der Waals surface area contributed by atoms with Crippen molar-refractivity contribution in [1.29, 1.82) is 0 Å². The highest BCUT2D eigenvalue weighted by Crippen LogP contribution is 2.37. The van der Waals surface area contributed by atoms with Crippen LogP contribution in [0.4, 0.5) is 0 Å². The molecule has 0 aliphatic carbocycles. The highest BCUT2D eigenvalue weighted by atomic mass is 35.5. The number of halogens is 3. The molecule has 0 aromatic heterocycles. The number of hydrogen-bond acceptors (Lipinski definition) is 4. The van der Waals surface area contributed by atoms with Crippen LogP contribution in [0.1, 0.15) is 24.5 Å². The number of rotatable bonds is 11. The molecule has 0 heterocycles. The van der Waals surface area contributed by atoms with Gasteiger partial charge in [0.05, 0.1) is 11.6 Å². The smallest absolute Gasteiger partial charge is 0.180 e. The molecule has 0 saturated carbocycles. The van der Waals surface area contributed by atoms with E-state index in [0.29, 0.717) is 41.3 Å². The SMILES string of the molecule is CCOc1cc(CNCCCOC)cc(Cl)c1OCc1ccc(Cl)cc1.Cl. The Bertz CT molecular complexity index is 681. The van der Waals surface area contributed by atoms with Gasteiger partial charge in [0.1, 0.15) is 6.61 Å². The van der Waals surface area contributed by atoms with Crippen LogP contribution < -0.4 is 14.8 Å². The van der Waals surface area contributed by atoms with E-state index < -0.39 is 0 Å². The van der Waals surface area contributed by atoms with Gasteiger partial charge in [-0.25, -0.2) is 0 Å². The molecule has 4 nitrogen and oxygen atoms in total. The largest absolute Gasteiger partial charge is 0.490 e. The van der Waals surface area contributed by atoms with Gasteiger partial charge < -0.3 is 19.5 Å². The van der Waals surface area contributed by atoms with E-state index in [1.807, 2.05) is 43.3 Å². The van der Waals surface area contributed by atoms with Crippen molar-refractivity contribution >= 4 is 35.6 Å². The fourth-order valence-corrected chi connectivity index (χ4v) is 2.85. The van der Waals surface area contributed by atoms with E-state index in [9.17, 15) is 0 Å². The van der Waals surface area contributed by atoms with Gasteiger partial charge in [-0.05, 0) is 55.3 Å². The van der Waals surface area contributed by atoms with Gasteiger partial charge in [0.15, 0.2) is 11.5 Å². The Balaban J connectivity index is 0.00000364. The average Bonchev–Trinajstić information content (AvgIpc) is 2.62. The van der Waals surface area contributed by atoms with Crippen LogP contribution in [0.2, 0.25) is 10.0 Å². The third kappa shape index (κ3) is 8.16. The normalized spacial score (nSPS) is 10.4. The second-order valence-electron chi connectivity index (χ2n) is 5.78. The molecule has 0 radical (unpaired) electrons. The van der Waals surface area contributed by atoms with Crippen LogP contribution in [-0.2, 0) is 17.9 Å². The lowest BCUT2D eigenvalue weighted by molar-refractivity contribution is 0.194. The second kappa shape index (κ2) is 13.1. The van der Waals surface area contributed by atoms with Crippen molar-refractivity contribution < 1.29 is 14.2 Å². The van der Waals surface area contributed by atoms with E-state index in [2.05, 4.69) is 5.32 Å². The molecule has 7 heteroatoms. The first-order chi connectivity index (χ1) is 12.6. The lowest BCUT2D eigenvalue weighted by atomic mass is 10.2. The van der Waals surface area contributed by atoms with Crippen LogP contribution in [-0.4, -0.2) is 26.9 Å². The molecular weight excluding hydrogens is 409 g/mol. The van der Waals surface area contributed by atoms with E-state index in [1.54, 1.807) is 7.11 Å². The molecule has 0 atom stereocenters. The quantitative estimate of drug-likeness (QED) is 0.473. The number of ether oxygens (including phenoxy) is 3. The Hall–Kier alpha value is -1.17. The minimum atomic E-state index is 0. The predicted octanol–water partition coefficient (Wildman–Crippen LogP) is 5.52. The number of nitrogens with one attached hydrogen (secondary N) is 1. The van der Waals surface area contributed by atoms with E-state index in [-0.39, 0.29) is 12.4 Å². The molecule has 2 aromatic carbocycles. The Labute approximate surface area is 177 Å². The van der Waals surface area contributed by atoms with E-state index in [4.69, 9.17) is 37.4 Å². The highest BCUT2D eigenvalue weighted by molar-refractivity contribution is 6.32. The van der Waals surface area contributed by atoms with Crippen LogP contribution in [0.15, 0.2) is 36.4 Å². The molecule has 0 fully saturated rings. The van der Waals surface area contributed by atoms with E-state index in [0.717, 1.165) is 30.7 Å². The summed E-state index contributed by atoms with van der Waals surface area (Å²) in [4.78, 5) is 0. The summed E-state index contributed by atoms with van der Waals surface area (Å²) in [6.07, 6.45) is 0.963. The first-order valence-corrected chi connectivity index (χ1v) is 9.41. The van der Waals surface area contributed by atoms with Crippen molar-refractivity contribution in [2.75, 3.05) is 26.9 Å². The zero-order valence-corrected chi connectivity index (χ0v) is 17.9. The van der Waals surface area contributed by atoms with E-state index >= 15 is 0 Å². The van der Waals surface area contributed by atoms with Gasteiger partial charge >= 0.3 is 0 Å². The molecule has 2 aromatic rings. The van der Waals surface area contributed by atoms with Gasteiger partial charge in [0, 0.05) is 25.3 Å². The van der Waals surface area contributed by atoms with Gasteiger partial charge in [0.2, 0.25) is 0 Å². The molecular formula is C20H26Cl3NO3. The Morgan fingerprint density at radius 1 is 1.00 bits per heavy atom. The lowest BCUT2D eigenvalue weighted by Crippen LogP contribution is -2.16. The fourth-order valence-electron chi connectivity index (χ4n) is 2.44. The number of hydrogen-bond donors (Lipinski definition) is 1. The minimum Gasteiger partial charge on any atom is -0.490 e. The maximum atomic E-state index is 6.45. The van der Waals surface area contributed by atoms with Crippen LogP contribution in [0.5, 0.6) is 11.5 Å². The van der Waals surface area contributed by atoms with Crippen molar-refractivity contribution in [3.63, 3.8) is 0 Å². The summed E-state index contributed by atoms with van der Waals surface area (Å²) in [5.74, 6) is 1.22. The summed E-state index contributed by atoms with van der Waals surface area (Å²) in [5.41, 5.74) is 2.06. The molecule has 2 rings (SSSR count). The molecule has 0 aliphatic heterocycles. The first-order valence-electron chi connectivity index (χ1n) is 8.66. The standard InChI is InChI=1S/C20H25Cl2NO3.ClH/c1-3-25-19-12-16(13-23-9-4-10-24-2)11-18(22)20(19)26-14-15-5-7-17(21)8-6-15;/h5-8,11-12,23H,3-4,9-10,13-14H2,1-2H3;1H. The summed E-state index contributed by atoms with van der Waals surface area (Å²) >= 11 is 12.4. The van der Waals surface area contributed by atoms with Crippen molar-refractivity contribution in [2.24, 2.45) is 0 Å². The van der Waals surface area contributed by atoms with Gasteiger partial charge in [0.25, 0.3) is 0 Å². The Morgan fingerprint density at radius 3 is 2.41 bits per heavy atom. The number of methoxy groups -OCH3 is 1. The van der Waals surface area contributed by atoms with E-state index in [1.165, 1.54) is 0 Å². The van der Waals surface area contributed by atoms with Crippen LogP contribution in [0, 0.1) is 0 Å². The first kappa shape index (κ1) is 23.9. The molecule has 1 N–H and O–H groups in total. The highest BCUT2D eigenvalue weighted by Gasteiger charge is 2.13. The summed E-state index contributed by atoms with van der Waals surface area (Å²) in [5, 5.41) is 4.61. The molecule has 0 unspecified atom stereocenters. The molecule has 0 spiro atoms. The fraction of sp³-hybridized carbons (Fsp3) is 0.400. The van der Waals surface area contributed by atoms with Gasteiger partial charge in [-0.3, -0.25) is 0 Å². The third-order valence-electron chi connectivity index (χ3n) is 3.70. The summed E-state index contributed by atoms with van der Waals surface area (Å²) < 4.78 is 16.7. The zero-order chi connectivity index (χ0) is 18.8. The lowest BCUT2D eigenvalue weighted by Gasteiger charge is -2.16. The topological polar surface area (TPSA) is 39.7 Å². The molecule has 150 valence electrons. The molecule has 0 saturated heterocycles. The maximum absolute atomic E-state index is 6.45. The second-order valence-corrected chi connectivity index (χ2v) is 6.62. The van der Waals surface area contributed by atoms with Crippen molar-refractivity contribution in [3.05, 3.63) is 57.6 Å². The maximum Gasteiger partial charge on any atom is 0.180 e. The Morgan fingerprint density at radius 2 is 1.74 bits per heavy atom. The van der Waals surface area contributed by atoms with Gasteiger partial charge in [-0.1, -0.05) is 35.3 Å². The molecule has 27 heavy (non-hydrogen) atoms. The number of benzene rings is 2. The molecule has 0 aliphatic rings. The van der Waals surface area contributed by atoms with Crippen LogP contribution in [0.25, 0.3) is 0 Å². The molecule has 0 bridgehead atoms. The summed E-state index contributed by atoms with van der Waals surface area (Å²) in [7, 11) is 1.71. The van der Waals surface area contributed by atoms with Gasteiger partial charge in [-0.2, -0.15) is 0 Å². The predicted molar refractivity (Wildman–Crippen MR) is 114 cm³/mol. The van der Waals surface area contributed by atoms with Crippen LogP contribution in [0.3, 0.4) is 0 Å². The summed E-state index contributed by atoms with van der Waals surface area (Å²) in [6.45, 7) is 5.21. The Kier molecular flexibility index (Phi) is 11.6. The van der Waals surface area contributed by atoms with Crippen molar-refractivity contribution in [2.45, 2.75) is 26.5 Å².